The van der Waals surface area contributed by atoms with E-state index in [4.69, 9.17) is 5.73 Å². The van der Waals surface area contributed by atoms with E-state index >= 15 is 0 Å². The SMILES string of the molecule is Cc1nc(N)ncc1C(=O)N1CC[C@@H]1c1ccc(F)cc1. The Morgan fingerprint density at radius 1 is 1.38 bits per heavy atom. The number of likely N-dealkylation sites (tertiary alicyclic amines) is 1. The van der Waals surface area contributed by atoms with Gasteiger partial charge < -0.3 is 10.6 Å². The van der Waals surface area contributed by atoms with Gasteiger partial charge in [-0.25, -0.2) is 14.4 Å². The molecule has 2 heterocycles. The van der Waals surface area contributed by atoms with Crippen molar-refractivity contribution in [3.63, 3.8) is 0 Å². The van der Waals surface area contributed by atoms with E-state index in [1.165, 1.54) is 18.3 Å². The lowest BCUT2D eigenvalue weighted by Crippen LogP contribution is -2.45. The molecule has 21 heavy (non-hydrogen) atoms. The van der Waals surface area contributed by atoms with Crippen molar-refractivity contribution in [3.8, 4) is 0 Å². The molecule has 3 rings (SSSR count). The predicted molar refractivity (Wildman–Crippen MR) is 76.0 cm³/mol. The average molecular weight is 286 g/mol. The maximum absolute atomic E-state index is 13.0. The topological polar surface area (TPSA) is 72.1 Å². The summed E-state index contributed by atoms with van der Waals surface area (Å²) in [6.07, 6.45) is 2.33. The Labute approximate surface area is 121 Å². The third-order valence-corrected chi connectivity index (χ3v) is 3.76. The molecule has 0 aliphatic carbocycles. The minimum Gasteiger partial charge on any atom is -0.368 e. The molecule has 1 aromatic heterocycles. The largest absolute Gasteiger partial charge is 0.368 e. The molecule has 1 amide bonds. The first-order valence-electron chi connectivity index (χ1n) is 6.72. The van der Waals surface area contributed by atoms with Crippen molar-refractivity contribution < 1.29 is 9.18 Å². The highest BCUT2D eigenvalue weighted by molar-refractivity contribution is 5.95. The van der Waals surface area contributed by atoms with Gasteiger partial charge in [-0.05, 0) is 31.0 Å². The molecule has 0 spiro atoms. The Morgan fingerprint density at radius 3 is 2.67 bits per heavy atom. The number of halogens is 1. The van der Waals surface area contributed by atoms with Crippen molar-refractivity contribution in [1.82, 2.24) is 14.9 Å². The highest BCUT2D eigenvalue weighted by Crippen LogP contribution is 2.34. The monoisotopic (exact) mass is 286 g/mol. The molecular formula is C15H15FN4O. The standard InChI is InChI=1S/C15H15FN4O/c1-9-12(8-18-15(17)19-9)14(21)20-7-6-13(20)10-2-4-11(16)5-3-10/h2-5,8,13H,6-7H2,1H3,(H2,17,18,19)/t13-/m1/s1. The van der Waals surface area contributed by atoms with Crippen LogP contribution in [-0.4, -0.2) is 27.3 Å². The van der Waals surface area contributed by atoms with Crippen molar-refractivity contribution in [1.29, 1.82) is 0 Å². The fraction of sp³-hybridized carbons (Fsp3) is 0.267. The molecule has 5 nitrogen and oxygen atoms in total. The van der Waals surface area contributed by atoms with E-state index in [2.05, 4.69) is 9.97 Å². The summed E-state index contributed by atoms with van der Waals surface area (Å²) in [6.45, 7) is 2.41. The number of benzene rings is 1. The Balaban J connectivity index is 1.83. The Bertz CT molecular complexity index is 687. The first-order valence-corrected chi connectivity index (χ1v) is 6.72. The van der Waals surface area contributed by atoms with Crippen molar-refractivity contribution in [2.45, 2.75) is 19.4 Å². The van der Waals surface area contributed by atoms with Crippen molar-refractivity contribution in [2.75, 3.05) is 12.3 Å². The van der Waals surface area contributed by atoms with E-state index in [9.17, 15) is 9.18 Å². The summed E-state index contributed by atoms with van der Waals surface area (Å²) in [7, 11) is 0. The van der Waals surface area contributed by atoms with Crippen LogP contribution in [0, 0.1) is 12.7 Å². The van der Waals surface area contributed by atoms with Gasteiger partial charge in [-0.15, -0.1) is 0 Å². The normalized spacial score (nSPS) is 17.4. The molecule has 6 heteroatoms. The lowest BCUT2D eigenvalue weighted by molar-refractivity contribution is 0.0458. The number of anilines is 1. The Morgan fingerprint density at radius 2 is 2.10 bits per heavy atom. The van der Waals surface area contributed by atoms with Gasteiger partial charge in [0.1, 0.15) is 5.82 Å². The molecule has 1 aliphatic heterocycles. The molecule has 1 fully saturated rings. The van der Waals surface area contributed by atoms with Gasteiger partial charge in [0, 0.05) is 12.7 Å². The second kappa shape index (κ2) is 5.12. The zero-order chi connectivity index (χ0) is 15.0. The summed E-state index contributed by atoms with van der Waals surface area (Å²) in [4.78, 5) is 22.2. The fourth-order valence-corrected chi connectivity index (χ4v) is 2.51. The van der Waals surface area contributed by atoms with Crippen LogP contribution in [0.4, 0.5) is 10.3 Å². The maximum Gasteiger partial charge on any atom is 0.257 e. The maximum atomic E-state index is 13.0. The summed E-state index contributed by atoms with van der Waals surface area (Å²) in [6, 6.07) is 6.23. The zero-order valence-electron chi connectivity index (χ0n) is 11.6. The summed E-state index contributed by atoms with van der Waals surface area (Å²) < 4.78 is 13.0. The number of carbonyl (C=O) groups excluding carboxylic acids is 1. The minimum atomic E-state index is -0.279. The van der Waals surface area contributed by atoms with Gasteiger partial charge in [-0.1, -0.05) is 12.1 Å². The van der Waals surface area contributed by atoms with E-state index in [1.807, 2.05) is 0 Å². The Kier molecular flexibility index (Phi) is 3.29. The van der Waals surface area contributed by atoms with Gasteiger partial charge in [0.2, 0.25) is 5.95 Å². The molecule has 0 radical (unpaired) electrons. The molecular weight excluding hydrogens is 271 g/mol. The van der Waals surface area contributed by atoms with E-state index in [0.29, 0.717) is 17.8 Å². The fourth-order valence-electron chi connectivity index (χ4n) is 2.51. The first-order chi connectivity index (χ1) is 10.1. The predicted octanol–water partition coefficient (Wildman–Crippen LogP) is 2.09. The van der Waals surface area contributed by atoms with Crippen LogP contribution in [0.3, 0.4) is 0 Å². The number of hydrogen-bond acceptors (Lipinski definition) is 4. The highest BCUT2D eigenvalue weighted by atomic mass is 19.1. The zero-order valence-corrected chi connectivity index (χ0v) is 11.6. The molecule has 2 aromatic rings. The minimum absolute atomic E-state index is 0.0185. The summed E-state index contributed by atoms with van der Waals surface area (Å²) in [5.41, 5.74) is 7.46. The van der Waals surface area contributed by atoms with Crippen LogP contribution < -0.4 is 5.73 Å². The molecule has 1 aromatic carbocycles. The second-order valence-electron chi connectivity index (χ2n) is 5.08. The van der Waals surface area contributed by atoms with Crippen LogP contribution in [0.15, 0.2) is 30.5 Å². The number of amides is 1. The van der Waals surface area contributed by atoms with Crippen LogP contribution in [0.5, 0.6) is 0 Å². The molecule has 0 bridgehead atoms. The average Bonchev–Trinajstić information content (AvgIpc) is 2.40. The molecule has 0 unspecified atom stereocenters. The van der Waals surface area contributed by atoms with E-state index in [-0.39, 0.29) is 23.7 Å². The molecule has 1 saturated heterocycles. The number of nitrogens with zero attached hydrogens (tertiary/aromatic N) is 3. The van der Waals surface area contributed by atoms with Crippen molar-refractivity contribution >= 4 is 11.9 Å². The van der Waals surface area contributed by atoms with E-state index in [0.717, 1.165) is 12.0 Å². The highest BCUT2D eigenvalue weighted by Gasteiger charge is 2.34. The summed E-state index contributed by atoms with van der Waals surface area (Å²) in [5, 5.41) is 0. The van der Waals surface area contributed by atoms with Crippen LogP contribution >= 0.6 is 0 Å². The van der Waals surface area contributed by atoms with E-state index < -0.39 is 0 Å². The third kappa shape index (κ3) is 2.44. The molecule has 1 aliphatic rings. The third-order valence-electron chi connectivity index (χ3n) is 3.76. The summed E-state index contributed by atoms with van der Waals surface area (Å²) in [5.74, 6) is -0.241. The van der Waals surface area contributed by atoms with Crippen LogP contribution in [0.2, 0.25) is 0 Å². The van der Waals surface area contributed by atoms with Crippen LogP contribution in [0.1, 0.15) is 34.1 Å². The second-order valence-corrected chi connectivity index (χ2v) is 5.08. The molecule has 0 saturated carbocycles. The number of carbonyl (C=O) groups is 1. The number of hydrogen-bond donors (Lipinski definition) is 1. The van der Waals surface area contributed by atoms with Gasteiger partial charge in [0.05, 0.1) is 17.3 Å². The smallest absolute Gasteiger partial charge is 0.257 e. The quantitative estimate of drug-likeness (QED) is 0.917. The van der Waals surface area contributed by atoms with Crippen LogP contribution in [0.25, 0.3) is 0 Å². The van der Waals surface area contributed by atoms with E-state index in [1.54, 1.807) is 24.0 Å². The number of rotatable bonds is 2. The lowest BCUT2D eigenvalue weighted by atomic mass is 9.93. The summed E-state index contributed by atoms with van der Waals surface area (Å²) >= 11 is 0. The molecule has 2 N–H and O–H groups in total. The first kappa shape index (κ1) is 13.5. The van der Waals surface area contributed by atoms with Gasteiger partial charge in [-0.3, -0.25) is 4.79 Å². The number of nitrogen functional groups attached to an aromatic ring is 1. The van der Waals surface area contributed by atoms with Crippen molar-refractivity contribution in [2.24, 2.45) is 0 Å². The molecule has 1 atom stereocenters. The van der Waals surface area contributed by atoms with Gasteiger partial charge in [-0.2, -0.15) is 0 Å². The number of aryl methyl sites for hydroxylation is 1. The lowest BCUT2D eigenvalue weighted by Gasteiger charge is -2.41. The molecule has 108 valence electrons. The number of aromatic nitrogens is 2. The van der Waals surface area contributed by atoms with Gasteiger partial charge in [0.25, 0.3) is 5.91 Å². The number of nitrogens with two attached hydrogens (primary N) is 1. The van der Waals surface area contributed by atoms with Crippen molar-refractivity contribution in [3.05, 3.63) is 53.1 Å². The van der Waals surface area contributed by atoms with Crippen LogP contribution in [-0.2, 0) is 0 Å². The Hall–Kier alpha value is -2.50. The van der Waals surface area contributed by atoms with Gasteiger partial charge in [0.15, 0.2) is 0 Å². The van der Waals surface area contributed by atoms with Gasteiger partial charge >= 0.3 is 0 Å².